The molecule has 0 bridgehead atoms. The topological polar surface area (TPSA) is 146 Å². The number of Topliss-reactive ketones (excluding diaryl/α,β-unsaturated/α-hetero) is 1. The summed E-state index contributed by atoms with van der Waals surface area (Å²) in [6.45, 7) is 3.82. The molecule has 9 nitrogen and oxygen atoms in total. The number of carbonyl (C=O) groups is 2. The van der Waals surface area contributed by atoms with Gasteiger partial charge in [0, 0.05) is 11.8 Å². The first-order valence-corrected chi connectivity index (χ1v) is 6.83. The number of amides is 1. The minimum Gasteiger partial charge on any atom is -0.451 e. The molecule has 0 aromatic carbocycles. The van der Waals surface area contributed by atoms with Gasteiger partial charge in [-0.15, -0.1) is 0 Å². The Kier molecular flexibility index (Phi) is 3.32. The molecule has 0 saturated carbocycles. The third-order valence-corrected chi connectivity index (χ3v) is 3.36. The van der Waals surface area contributed by atoms with E-state index < -0.39 is 11.7 Å². The summed E-state index contributed by atoms with van der Waals surface area (Å²) in [7, 11) is 0. The number of rotatable bonds is 3. The van der Waals surface area contributed by atoms with Gasteiger partial charge in [0.2, 0.25) is 5.95 Å². The number of carbonyl (C=O) groups excluding carboxylic acids is 2. The molecule has 0 spiro atoms. The average molecular weight is 314 g/mol. The Balaban J connectivity index is 2.16. The van der Waals surface area contributed by atoms with Crippen LogP contribution in [0.5, 0.6) is 11.5 Å². The molecule has 1 aliphatic heterocycles. The molecule has 5 N–H and O–H groups in total. The average Bonchev–Trinajstić information content (AvgIpc) is 2.77. The summed E-state index contributed by atoms with van der Waals surface area (Å²) in [5.74, 6) is -0.902. The van der Waals surface area contributed by atoms with E-state index in [4.69, 9.17) is 16.2 Å². The molecule has 2 aromatic heterocycles. The molecule has 1 aliphatic rings. The van der Waals surface area contributed by atoms with Crippen LogP contribution < -0.4 is 21.5 Å². The van der Waals surface area contributed by atoms with Crippen molar-refractivity contribution in [2.75, 3.05) is 16.8 Å². The van der Waals surface area contributed by atoms with E-state index in [9.17, 15) is 9.59 Å². The van der Waals surface area contributed by atoms with Gasteiger partial charge in [0.1, 0.15) is 17.1 Å². The molecule has 3 rings (SSSR count). The fourth-order valence-electron chi connectivity index (χ4n) is 2.20. The minimum atomic E-state index is -0.750. The molecule has 9 heteroatoms. The lowest BCUT2D eigenvalue weighted by Crippen LogP contribution is -2.13. The molecule has 0 saturated heterocycles. The highest BCUT2D eigenvalue weighted by atomic mass is 16.5. The highest BCUT2D eigenvalue weighted by Gasteiger charge is 2.35. The first kappa shape index (κ1) is 14.7. The van der Waals surface area contributed by atoms with Crippen LogP contribution >= 0.6 is 0 Å². The smallest absolute Gasteiger partial charge is 0.298 e. The van der Waals surface area contributed by atoms with Crippen LogP contribution in [0.2, 0.25) is 0 Å². The second-order valence-electron chi connectivity index (χ2n) is 5.28. The highest BCUT2D eigenvalue weighted by molar-refractivity contribution is 6.52. The Hall–Kier alpha value is -3.23. The molecule has 0 atom stereocenters. The zero-order valence-corrected chi connectivity index (χ0v) is 12.5. The number of nitrogens with zero attached hydrogens (tertiary/aromatic N) is 3. The van der Waals surface area contributed by atoms with E-state index in [2.05, 4.69) is 20.3 Å². The van der Waals surface area contributed by atoms with E-state index in [-0.39, 0.29) is 40.6 Å². The van der Waals surface area contributed by atoms with Gasteiger partial charge in [-0.05, 0) is 5.92 Å². The monoisotopic (exact) mass is 314 g/mol. The summed E-state index contributed by atoms with van der Waals surface area (Å²) >= 11 is 0. The number of hydrogen-bond acceptors (Lipinski definition) is 8. The van der Waals surface area contributed by atoms with Crippen molar-refractivity contribution in [3.8, 4) is 11.5 Å². The maximum atomic E-state index is 12.1. The van der Waals surface area contributed by atoms with Crippen LogP contribution in [0, 0.1) is 0 Å². The van der Waals surface area contributed by atoms with Gasteiger partial charge >= 0.3 is 0 Å². The van der Waals surface area contributed by atoms with Gasteiger partial charge in [0.15, 0.2) is 11.6 Å². The Labute approximate surface area is 131 Å². The summed E-state index contributed by atoms with van der Waals surface area (Å²) in [6.07, 6.45) is 2.86. The van der Waals surface area contributed by atoms with Crippen molar-refractivity contribution < 1.29 is 14.3 Å². The predicted molar refractivity (Wildman–Crippen MR) is 82.2 cm³/mol. The SMILES string of the molecule is CC(C)c1cnc2c(c1Oc1cnc(N)nc1N)C(=O)C(=O)N2. The molecule has 0 radical (unpaired) electrons. The number of hydrogen-bond donors (Lipinski definition) is 3. The fraction of sp³-hybridized carbons (Fsp3) is 0.214. The molecular formula is C14H14N6O3. The summed E-state index contributed by atoms with van der Waals surface area (Å²) < 4.78 is 5.76. The highest BCUT2D eigenvalue weighted by Crippen LogP contribution is 2.39. The van der Waals surface area contributed by atoms with Crippen molar-refractivity contribution in [2.24, 2.45) is 0 Å². The van der Waals surface area contributed by atoms with E-state index >= 15 is 0 Å². The number of pyridine rings is 1. The van der Waals surface area contributed by atoms with Gasteiger partial charge in [-0.1, -0.05) is 13.8 Å². The van der Waals surface area contributed by atoms with Crippen LogP contribution in [-0.4, -0.2) is 26.6 Å². The van der Waals surface area contributed by atoms with Crippen LogP contribution in [-0.2, 0) is 4.79 Å². The first-order chi connectivity index (χ1) is 10.9. The third kappa shape index (κ3) is 2.41. The normalized spacial score (nSPS) is 13.2. The fourth-order valence-corrected chi connectivity index (χ4v) is 2.20. The van der Waals surface area contributed by atoms with Crippen LogP contribution in [0.4, 0.5) is 17.6 Å². The largest absolute Gasteiger partial charge is 0.451 e. The zero-order chi connectivity index (χ0) is 16.7. The summed E-state index contributed by atoms with van der Waals surface area (Å²) in [6, 6.07) is 0. The molecule has 2 aromatic rings. The van der Waals surface area contributed by atoms with E-state index in [0.717, 1.165) is 0 Å². The minimum absolute atomic E-state index is 0.00206. The van der Waals surface area contributed by atoms with Crippen molar-refractivity contribution in [3.63, 3.8) is 0 Å². The predicted octanol–water partition coefficient (Wildman–Crippen LogP) is 1.09. The zero-order valence-electron chi connectivity index (χ0n) is 12.5. The summed E-state index contributed by atoms with van der Waals surface area (Å²) in [4.78, 5) is 35.4. The van der Waals surface area contributed by atoms with Crippen LogP contribution in [0.3, 0.4) is 0 Å². The van der Waals surface area contributed by atoms with Crippen molar-refractivity contribution >= 4 is 29.3 Å². The number of ketones is 1. The van der Waals surface area contributed by atoms with Gasteiger partial charge in [0.05, 0.1) is 6.20 Å². The molecule has 118 valence electrons. The van der Waals surface area contributed by atoms with Crippen molar-refractivity contribution in [1.29, 1.82) is 0 Å². The lowest BCUT2D eigenvalue weighted by molar-refractivity contribution is -0.112. The van der Waals surface area contributed by atoms with Gasteiger partial charge < -0.3 is 21.5 Å². The molecule has 3 heterocycles. The second kappa shape index (κ2) is 5.20. The van der Waals surface area contributed by atoms with Crippen molar-refractivity contribution in [3.05, 3.63) is 23.5 Å². The number of ether oxygens (including phenoxy) is 1. The van der Waals surface area contributed by atoms with E-state index in [1.807, 2.05) is 13.8 Å². The number of aromatic nitrogens is 3. The molecular weight excluding hydrogens is 300 g/mol. The Morgan fingerprint density at radius 1 is 1.17 bits per heavy atom. The quantitative estimate of drug-likeness (QED) is 0.713. The van der Waals surface area contributed by atoms with E-state index in [0.29, 0.717) is 5.56 Å². The third-order valence-electron chi connectivity index (χ3n) is 3.36. The lowest BCUT2D eigenvalue weighted by Gasteiger charge is -2.16. The first-order valence-electron chi connectivity index (χ1n) is 6.83. The summed E-state index contributed by atoms with van der Waals surface area (Å²) in [5, 5.41) is 2.40. The number of fused-ring (bicyclic) bond motifs is 1. The van der Waals surface area contributed by atoms with Gasteiger partial charge in [-0.2, -0.15) is 4.98 Å². The number of nitrogens with two attached hydrogens (primary N) is 2. The summed E-state index contributed by atoms with van der Waals surface area (Å²) in [5.41, 5.74) is 12.0. The van der Waals surface area contributed by atoms with E-state index in [1.54, 1.807) is 6.20 Å². The Bertz CT molecular complexity index is 834. The maximum Gasteiger partial charge on any atom is 0.298 e. The van der Waals surface area contributed by atoms with Crippen molar-refractivity contribution in [2.45, 2.75) is 19.8 Å². The number of nitrogens with one attached hydrogen (secondary N) is 1. The lowest BCUT2D eigenvalue weighted by atomic mass is 10.0. The van der Waals surface area contributed by atoms with Crippen molar-refractivity contribution in [1.82, 2.24) is 15.0 Å². The van der Waals surface area contributed by atoms with Gasteiger partial charge in [-0.3, -0.25) is 9.59 Å². The number of anilines is 3. The Morgan fingerprint density at radius 2 is 1.91 bits per heavy atom. The van der Waals surface area contributed by atoms with Crippen LogP contribution in [0.1, 0.15) is 35.7 Å². The maximum absolute atomic E-state index is 12.1. The molecule has 23 heavy (non-hydrogen) atoms. The molecule has 0 aliphatic carbocycles. The van der Waals surface area contributed by atoms with Crippen LogP contribution in [0.15, 0.2) is 12.4 Å². The molecule has 0 fully saturated rings. The molecule has 0 unspecified atom stereocenters. The Morgan fingerprint density at radius 3 is 2.57 bits per heavy atom. The standard InChI is InChI=1S/C14H14N6O3/c1-5(2)6-3-17-12-8(9(21)13(22)20-12)10(6)23-7-4-18-14(16)19-11(7)15/h3-5H,1-2H3,(H4,15,16,18,19)(H,17,20,21,22). The second-order valence-corrected chi connectivity index (χ2v) is 5.28. The van der Waals surface area contributed by atoms with E-state index in [1.165, 1.54) is 6.20 Å². The van der Waals surface area contributed by atoms with Gasteiger partial charge in [0.25, 0.3) is 11.7 Å². The van der Waals surface area contributed by atoms with Gasteiger partial charge in [-0.25, -0.2) is 9.97 Å². The van der Waals surface area contributed by atoms with Crippen LogP contribution in [0.25, 0.3) is 0 Å². The number of nitrogen functional groups attached to an aromatic ring is 2. The molecule has 1 amide bonds.